The van der Waals surface area contributed by atoms with Crippen molar-refractivity contribution in [1.29, 1.82) is 0 Å². The van der Waals surface area contributed by atoms with E-state index in [0.717, 1.165) is 10.2 Å². The van der Waals surface area contributed by atoms with Crippen LogP contribution in [0.1, 0.15) is 11.7 Å². The lowest BCUT2D eigenvalue weighted by atomic mass is 10.2. The van der Waals surface area contributed by atoms with Gasteiger partial charge in [0, 0.05) is 15.5 Å². The van der Waals surface area contributed by atoms with E-state index in [1.165, 1.54) is 11.3 Å². The van der Waals surface area contributed by atoms with Crippen molar-refractivity contribution in [3.8, 4) is 0 Å². The maximum atomic E-state index is 11.2. The second-order valence-corrected chi connectivity index (χ2v) is 4.97. The lowest BCUT2D eigenvalue weighted by molar-refractivity contribution is -0.138. The fourth-order valence-corrected chi connectivity index (χ4v) is 2.35. The highest BCUT2D eigenvalue weighted by molar-refractivity contribution is 9.10. The lowest BCUT2D eigenvalue weighted by Crippen LogP contribution is -2.20. The molecule has 17 heavy (non-hydrogen) atoms. The van der Waals surface area contributed by atoms with Gasteiger partial charge in [0.25, 0.3) is 0 Å². The van der Waals surface area contributed by atoms with Gasteiger partial charge in [-0.25, -0.2) is 9.78 Å². The van der Waals surface area contributed by atoms with E-state index >= 15 is 0 Å². The zero-order valence-corrected chi connectivity index (χ0v) is 11.0. The molecular weight excluding hydrogens is 304 g/mol. The quantitative estimate of drug-likeness (QED) is 0.910. The first-order valence-electron chi connectivity index (χ1n) is 4.80. The minimum Gasteiger partial charge on any atom is -0.479 e. The molecule has 1 aromatic carbocycles. The first kappa shape index (κ1) is 12.1. The number of aliphatic carboxylic acids is 1. The molecule has 1 atom stereocenters. The van der Waals surface area contributed by atoms with Crippen molar-refractivity contribution in [3.63, 3.8) is 0 Å². The van der Waals surface area contributed by atoms with Crippen LogP contribution in [0.5, 0.6) is 0 Å². The summed E-state index contributed by atoms with van der Waals surface area (Å²) in [6, 6.07) is 6.53. The molecular formula is C11H9BrN2O2S. The number of halogens is 1. The summed E-state index contributed by atoms with van der Waals surface area (Å²) in [5.74, 6) is -0.948. The average molecular weight is 313 g/mol. The molecule has 2 aromatic rings. The van der Waals surface area contributed by atoms with Crippen molar-refractivity contribution < 1.29 is 9.90 Å². The molecule has 0 bridgehead atoms. The number of anilines is 1. The number of carbonyl (C=O) groups is 1. The van der Waals surface area contributed by atoms with Gasteiger partial charge in [0.1, 0.15) is 0 Å². The topological polar surface area (TPSA) is 62.2 Å². The molecule has 0 spiro atoms. The number of nitrogens with zero attached hydrogens (tertiary/aromatic N) is 1. The Labute approximate surface area is 110 Å². The van der Waals surface area contributed by atoms with E-state index in [1.807, 2.05) is 24.3 Å². The molecule has 4 nitrogen and oxygen atoms in total. The van der Waals surface area contributed by atoms with Crippen LogP contribution >= 0.6 is 27.3 Å². The molecule has 2 N–H and O–H groups in total. The number of hydrogen-bond acceptors (Lipinski definition) is 4. The molecule has 0 saturated heterocycles. The Morgan fingerprint density at radius 3 is 2.94 bits per heavy atom. The van der Waals surface area contributed by atoms with Gasteiger partial charge in [0.05, 0.1) is 11.2 Å². The van der Waals surface area contributed by atoms with E-state index in [4.69, 9.17) is 5.11 Å². The number of carboxylic acid groups (broad SMARTS) is 1. The number of rotatable bonds is 4. The molecule has 0 aliphatic heterocycles. The van der Waals surface area contributed by atoms with Crippen molar-refractivity contribution in [1.82, 2.24) is 4.98 Å². The fourth-order valence-electron chi connectivity index (χ4n) is 1.37. The molecule has 6 heteroatoms. The van der Waals surface area contributed by atoms with Crippen LogP contribution in [0.3, 0.4) is 0 Å². The Morgan fingerprint density at radius 1 is 1.53 bits per heavy atom. The maximum Gasteiger partial charge on any atom is 0.332 e. The Morgan fingerprint density at radius 2 is 2.35 bits per heavy atom. The smallest absolute Gasteiger partial charge is 0.332 e. The molecule has 0 fully saturated rings. The third-order valence-electron chi connectivity index (χ3n) is 2.13. The highest BCUT2D eigenvalue weighted by Gasteiger charge is 2.21. The number of hydrogen-bond donors (Lipinski definition) is 2. The van der Waals surface area contributed by atoms with Gasteiger partial charge in [0.15, 0.2) is 6.04 Å². The Hall–Kier alpha value is -1.40. The SMILES string of the molecule is O=C(O)C(Nc1cccc(Br)c1)c1cscn1. The van der Waals surface area contributed by atoms with E-state index in [9.17, 15) is 4.79 Å². The summed E-state index contributed by atoms with van der Waals surface area (Å²) in [6.45, 7) is 0. The van der Waals surface area contributed by atoms with Gasteiger partial charge in [0.2, 0.25) is 0 Å². The van der Waals surface area contributed by atoms with Gasteiger partial charge < -0.3 is 10.4 Å². The first-order valence-corrected chi connectivity index (χ1v) is 6.53. The van der Waals surface area contributed by atoms with E-state index in [-0.39, 0.29) is 0 Å². The highest BCUT2D eigenvalue weighted by Crippen LogP contribution is 2.22. The van der Waals surface area contributed by atoms with Crippen molar-refractivity contribution in [2.75, 3.05) is 5.32 Å². The van der Waals surface area contributed by atoms with Gasteiger partial charge in [-0.05, 0) is 18.2 Å². The standard InChI is InChI=1S/C11H9BrN2O2S/c12-7-2-1-3-8(4-7)14-10(11(15)16)9-5-17-6-13-9/h1-6,10,14H,(H,15,16). The first-order chi connectivity index (χ1) is 8.16. The third kappa shape index (κ3) is 3.04. The molecule has 88 valence electrons. The van der Waals surface area contributed by atoms with Crippen LogP contribution < -0.4 is 5.32 Å². The van der Waals surface area contributed by atoms with Crippen molar-refractivity contribution >= 4 is 38.9 Å². The van der Waals surface area contributed by atoms with Gasteiger partial charge in [-0.3, -0.25) is 0 Å². The molecule has 0 aliphatic carbocycles. The fraction of sp³-hybridized carbons (Fsp3) is 0.0909. The Kier molecular flexibility index (Phi) is 3.75. The molecule has 0 saturated carbocycles. The van der Waals surface area contributed by atoms with Crippen LogP contribution in [0.2, 0.25) is 0 Å². The number of aromatic nitrogens is 1. The van der Waals surface area contributed by atoms with E-state index in [1.54, 1.807) is 10.9 Å². The Bertz CT molecular complexity index is 516. The summed E-state index contributed by atoms with van der Waals surface area (Å²) >= 11 is 4.71. The third-order valence-corrected chi connectivity index (χ3v) is 3.23. The van der Waals surface area contributed by atoms with E-state index in [0.29, 0.717) is 5.69 Å². The molecule has 1 aromatic heterocycles. The van der Waals surface area contributed by atoms with Gasteiger partial charge >= 0.3 is 5.97 Å². The minimum atomic E-state index is -0.948. The van der Waals surface area contributed by atoms with Gasteiger partial charge in [-0.15, -0.1) is 11.3 Å². The largest absolute Gasteiger partial charge is 0.479 e. The number of carboxylic acids is 1. The zero-order chi connectivity index (χ0) is 12.3. The summed E-state index contributed by atoms with van der Waals surface area (Å²) in [6.07, 6.45) is 0. The van der Waals surface area contributed by atoms with Gasteiger partial charge in [-0.1, -0.05) is 22.0 Å². The number of benzene rings is 1. The van der Waals surface area contributed by atoms with Crippen LogP contribution in [0, 0.1) is 0 Å². The van der Waals surface area contributed by atoms with Crippen LogP contribution in [0.4, 0.5) is 5.69 Å². The molecule has 0 amide bonds. The second-order valence-electron chi connectivity index (χ2n) is 3.34. The normalized spacial score (nSPS) is 12.1. The molecule has 1 heterocycles. The van der Waals surface area contributed by atoms with Crippen molar-refractivity contribution in [2.24, 2.45) is 0 Å². The van der Waals surface area contributed by atoms with Crippen molar-refractivity contribution in [2.45, 2.75) is 6.04 Å². The predicted molar refractivity (Wildman–Crippen MR) is 70.3 cm³/mol. The highest BCUT2D eigenvalue weighted by atomic mass is 79.9. The summed E-state index contributed by atoms with van der Waals surface area (Å²) < 4.78 is 0.893. The van der Waals surface area contributed by atoms with Crippen LogP contribution in [-0.4, -0.2) is 16.1 Å². The number of thiazole rings is 1. The number of nitrogens with one attached hydrogen (secondary N) is 1. The summed E-state index contributed by atoms with van der Waals surface area (Å²) in [4.78, 5) is 15.2. The molecule has 0 radical (unpaired) electrons. The molecule has 0 aliphatic rings. The second kappa shape index (κ2) is 5.29. The van der Waals surface area contributed by atoms with Crippen LogP contribution in [0.15, 0.2) is 39.6 Å². The van der Waals surface area contributed by atoms with E-state index < -0.39 is 12.0 Å². The van der Waals surface area contributed by atoms with Crippen LogP contribution in [-0.2, 0) is 4.79 Å². The van der Waals surface area contributed by atoms with Crippen molar-refractivity contribution in [3.05, 3.63) is 45.3 Å². The monoisotopic (exact) mass is 312 g/mol. The molecule has 1 unspecified atom stereocenters. The molecule has 2 rings (SSSR count). The minimum absolute atomic E-state index is 0.516. The summed E-state index contributed by atoms with van der Waals surface area (Å²) in [7, 11) is 0. The summed E-state index contributed by atoms with van der Waals surface area (Å²) in [5, 5.41) is 13.8. The lowest BCUT2D eigenvalue weighted by Gasteiger charge is -2.13. The van der Waals surface area contributed by atoms with Gasteiger partial charge in [-0.2, -0.15) is 0 Å². The summed E-state index contributed by atoms with van der Waals surface area (Å²) in [5.41, 5.74) is 2.87. The van der Waals surface area contributed by atoms with E-state index in [2.05, 4.69) is 26.2 Å². The Balaban J connectivity index is 2.22. The predicted octanol–water partition coefficient (Wildman–Crippen LogP) is 3.14. The zero-order valence-electron chi connectivity index (χ0n) is 8.63. The maximum absolute atomic E-state index is 11.2. The average Bonchev–Trinajstić information content (AvgIpc) is 2.78. The van der Waals surface area contributed by atoms with Crippen LogP contribution in [0.25, 0.3) is 0 Å².